The maximum Gasteiger partial charge on any atom is 0.0681 e. The van der Waals surface area contributed by atoms with E-state index in [9.17, 15) is 0 Å². The zero-order chi connectivity index (χ0) is 21.1. The number of hydrogen-bond acceptors (Lipinski definition) is 0. The Kier molecular flexibility index (Phi) is 4.07. The van der Waals surface area contributed by atoms with Crippen molar-refractivity contribution in [3.05, 3.63) is 117 Å². The maximum absolute atomic E-state index is 3.46. The minimum atomic E-state index is -0.256. The molecule has 4 aliphatic carbocycles. The van der Waals surface area contributed by atoms with E-state index < -0.39 is 0 Å². The van der Waals surface area contributed by atoms with Crippen LogP contribution in [-0.4, -0.2) is 0 Å². The van der Waals surface area contributed by atoms with Gasteiger partial charge in [0, 0.05) is 17.4 Å². The Balaban J connectivity index is 1.92. The Labute approximate surface area is 181 Å². The molecule has 30 heavy (non-hydrogen) atoms. The average Bonchev–Trinajstić information content (AvgIpc) is 2.92. The quantitative estimate of drug-likeness (QED) is 0.403. The van der Waals surface area contributed by atoms with E-state index in [0.29, 0.717) is 0 Å². The van der Waals surface area contributed by atoms with Crippen LogP contribution >= 0.6 is 0 Å². The van der Waals surface area contributed by atoms with Crippen molar-refractivity contribution in [1.29, 1.82) is 0 Å². The van der Waals surface area contributed by atoms with Gasteiger partial charge in [-0.15, -0.1) is 0 Å². The average molecular weight is 391 g/mol. The van der Waals surface area contributed by atoms with E-state index in [1.807, 2.05) is 6.08 Å². The van der Waals surface area contributed by atoms with Gasteiger partial charge in [0.2, 0.25) is 0 Å². The molecule has 0 heterocycles. The number of allylic oxidation sites excluding steroid dienone is 12. The molecule has 1 aromatic rings. The van der Waals surface area contributed by atoms with Crippen LogP contribution < -0.4 is 0 Å². The first-order valence-electron chi connectivity index (χ1n) is 11.1. The van der Waals surface area contributed by atoms with Crippen LogP contribution in [0.15, 0.2) is 106 Å². The van der Waals surface area contributed by atoms with Gasteiger partial charge >= 0.3 is 0 Å². The summed E-state index contributed by atoms with van der Waals surface area (Å²) in [5.41, 5.74) is 16.3. The molecule has 0 radical (unpaired) electrons. The van der Waals surface area contributed by atoms with E-state index >= 15 is 0 Å². The van der Waals surface area contributed by atoms with Gasteiger partial charge in [0.05, 0.1) is 5.41 Å². The predicted molar refractivity (Wildman–Crippen MR) is 126 cm³/mol. The molecule has 1 unspecified atom stereocenters. The third-order valence-corrected chi connectivity index (χ3v) is 7.61. The standard InChI is InChI=1S/C30H30/c1-21-16-17-27-29(4,5)20-24(13-10-18-28(21,2)3)30(27)25-14-8-6-11-22(25)19-23-12-7-9-15-26(23)30/h6,8-11,13-17,20H,18-19H2,1-5H3/b13-10?,21-16-,27-17+. The molecule has 1 aromatic carbocycles. The smallest absolute Gasteiger partial charge is 0.0681 e. The molecular formula is C30H30. The molecule has 5 rings (SSSR count). The van der Waals surface area contributed by atoms with Gasteiger partial charge in [0.1, 0.15) is 0 Å². The molecule has 0 saturated carbocycles. The summed E-state index contributed by atoms with van der Waals surface area (Å²) in [5.74, 6) is 0. The Hall–Kier alpha value is -2.78. The van der Waals surface area contributed by atoms with Crippen molar-refractivity contribution in [3.63, 3.8) is 0 Å². The third-order valence-electron chi connectivity index (χ3n) is 7.61. The highest BCUT2D eigenvalue weighted by Gasteiger charge is 2.54. The van der Waals surface area contributed by atoms with E-state index in [2.05, 4.69) is 107 Å². The minimum absolute atomic E-state index is 0.0355. The van der Waals surface area contributed by atoms with Gasteiger partial charge < -0.3 is 0 Å². The summed E-state index contributed by atoms with van der Waals surface area (Å²) in [4.78, 5) is 0. The van der Waals surface area contributed by atoms with Crippen molar-refractivity contribution in [3.8, 4) is 0 Å². The van der Waals surface area contributed by atoms with E-state index in [1.165, 1.54) is 39.0 Å². The van der Waals surface area contributed by atoms with E-state index in [4.69, 9.17) is 0 Å². The molecule has 0 heteroatoms. The van der Waals surface area contributed by atoms with E-state index in [1.54, 1.807) is 0 Å². The summed E-state index contributed by atoms with van der Waals surface area (Å²) < 4.78 is 0. The molecule has 0 N–H and O–H groups in total. The monoisotopic (exact) mass is 390 g/mol. The van der Waals surface area contributed by atoms with Gasteiger partial charge in [-0.2, -0.15) is 0 Å². The summed E-state index contributed by atoms with van der Waals surface area (Å²) >= 11 is 0. The van der Waals surface area contributed by atoms with Gasteiger partial charge in [-0.3, -0.25) is 0 Å². The Morgan fingerprint density at radius 1 is 0.967 bits per heavy atom. The normalized spacial score (nSPS) is 30.9. The zero-order valence-electron chi connectivity index (χ0n) is 18.8. The van der Waals surface area contributed by atoms with Crippen LogP contribution in [0.3, 0.4) is 0 Å². The molecule has 2 bridgehead atoms. The third kappa shape index (κ3) is 2.55. The zero-order valence-corrected chi connectivity index (χ0v) is 18.8. The fourth-order valence-corrected chi connectivity index (χ4v) is 5.69. The Morgan fingerprint density at radius 3 is 2.60 bits per heavy atom. The summed E-state index contributed by atoms with van der Waals surface area (Å²) in [7, 11) is 0. The highest BCUT2D eigenvalue weighted by Crippen LogP contribution is 2.62. The molecule has 1 atom stereocenters. The van der Waals surface area contributed by atoms with Crippen molar-refractivity contribution in [2.24, 2.45) is 10.8 Å². The van der Waals surface area contributed by atoms with Crippen molar-refractivity contribution in [2.45, 2.75) is 52.9 Å². The lowest BCUT2D eigenvalue weighted by molar-refractivity contribution is 0.452. The highest BCUT2D eigenvalue weighted by molar-refractivity contribution is 5.74. The topological polar surface area (TPSA) is 0 Å². The van der Waals surface area contributed by atoms with Gasteiger partial charge in [-0.25, -0.2) is 0 Å². The molecule has 0 nitrogen and oxygen atoms in total. The van der Waals surface area contributed by atoms with Gasteiger partial charge in [-0.05, 0) is 58.8 Å². The second-order valence-electron chi connectivity index (χ2n) is 10.3. The van der Waals surface area contributed by atoms with Crippen LogP contribution in [0.2, 0.25) is 0 Å². The molecule has 150 valence electrons. The number of benzene rings is 1. The second kappa shape index (κ2) is 6.36. The largest absolute Gasteiger partial charge is 0.0834 e. The summed E-state index contributed by atoms with van der Waals surface area (Å²) in [6.07, 6.45) is 18.4. The van der Waals surface area contributed by atoms with Crippen molar-refractivity contribution < 1.29 is 0 Å². The van der Waals surface area contributed by atoms with Crippen molar-refractivity contribution in [2.75, 3.05) is 0 Å². The molecular weight excluding hydrogens is 360 g/mol. The maximum atomic E-state index is 3.46. The van der Waals surface area contributed by atoms with E-state index in [0.717, 1.165) is 12.8 Å². The summed E-state index contributed by atoms with van der Waals surface area (Å²) in [6.45, 7) is 11.7. The number of hydrogen-bond donors (Lipinski definition) is 0. The first-order valence-corrected chi connectivity index (χ1v) is 11.1. The number of rotatable bonds is 0. The fourth-order valence-electron chi connectivity index (χ4n) is 5.69. The Bertz CT molecular complexity index is 1200. The van der Waals surface area contributed by atoms with Crippen molar-refractivity contribution >= 4 is 0 Å². The first-order chi connectivity index (χ1) is 14.3. The van der Waals surface area contributed by atoms with Crippen molar-refractivity contribution in [1.82, 2.24) is 0 Å². The van der Waals surface area contributed by atoms with Gasteiger partial charge in [-0.1, -0.05) is 99.4 Å². The fraction of sp³-hybridized carbons (Fsp3) is 0.333. The van der Waals surface area contributed by atoms with Crippen LogP contribution in [-0.2, 0) is 11.8 Å². The van der Waals surface area contributed by atoms with Gasteiger partial charge in [0.25, 0.3) is 0 Å². The molecule has 4 aliphatic rings. The second-order valence-corrected chi connectivity index (χ2v) is 10.3. The SMILES string of the molecule is C/C1=C/C=C2\C(C)(C)C=C(C=CCC1(C)C)C21C2=CC=C=C=C2Cc2ccccc21. The van der Waals surface area contributed by atoms with Crippen LogP contribution in [0, 0.1) is 10.8 Å². The minimum Gasteiger partial charge on any atom is -0.0834 e. The molecule has 0 aliphatic heterocycles. The molecule has 0 saturated heterocycles. The lowest BCUT2D eigenvalue weighted by Gasteiger charge is -2.45. The molecule has 1 spiro atoms. The number of fused-ring (bicyclic) bond motifs is 2. The van der Waals surface area contributed by atoms with Crippen LogP contribution in [0.5, 0.6) is 0 Å². The summed E-state index contributed by atoms with van der Waals surface area (Å²) in [5, 5.41) is 0. The molecule has 0 aromatic heterocycles. The summed E-state index contributed by atoms with van der Waals surface area (Å²) in [6, 6.07) is 9.01. The van der Waals surface area contributed by atoms with Crippen LogP contribution in [0.1, 0.15) is 52.2 Å². The Morgan fingerprint density at radius 2 is 1.77 bits per heavy atom. The highest BCUT2D eigenvalue weighted by atomic mass is 14.6. The lowest BCUT2D eigenvalue weighted by atomic mass is 9.57. The lowest BCUT2D eigenvalue weighted by Crippen LogP contribution is -2.38. The van der Waals surface area contributed by atoms with Gasteiger partial charge in [0.15, 0.2) is 0 Å². The predicted octanol–water partition coefficient (Wildman–Crippen LogP) is 7.48. The van der Waals surface area contributed by atoms with Crippen LogP contribution in [0.25, 0.3) is 0 Å². The molecule has 0 fully saturated rings. The van der Waals surface area contributed by atoms with Crippen LogP contribution in [0.4, 0.5) is 0 Å². The van der Waals surface area contributed by atoms with E-state index in [-0.39, 0.29) is 16.2 Å². The molecule has 0 amide bonds. The first kappa shape index (κ1) is 19.2.